The van der Waals surface area contributed by atoms with Crippen LogP contribution in [0, 0.1) is 13.8 Å². The van der Waals surface area contributed by atoms with Gasteiger partial charge >= 0.3 is 0 Å². The van der Waals surface area contributed by atoms with Crippen LogP contribution in [0.1, 0.15) is 47.9 Å². The lowest BCUT2D eigenvalue weighted by molar-refractivity contribution is 0.207. The zero-order chi connectivity index (χ0) is 19.8. The Bertz CT molecular complexity index is 797. The molecule has 0 saturated heterocycles. The molecule has 0 bridgehead atoms. The topological polar surface area (TPSA) is 58.5 Å². The molecule has 5 nitrogen and oxygen atoms in total. The number of benzene rings is 1. The third kappa shape index (κ3) is 5.72. The zero-order valence-electron chi connectivity index (χ0n) is 17.3. The first-order chi connectivity index (χ1) is 13.7. The Labute approximate surface area is 168 Å². The van der Waals surface area contributed by atoms with Crippen LogP contribution in [0.5, 0.6) is 5.75 Å². The number of pyridine rings is 1. The monoisotopic (exact) mass is 380 g/mol. The zero-order valence-corrected chi connectivity index (χ0v) is 17.3. The molecule has 1 fully saturated rings. The number of aromatic nitrogens is 1. The van der Waals surface area contributed by atoms with Crippen molar-refractivity contribution in [2.45, 2.75) is 58.6 Å². The number of guanidine groups is 1. The minimum absolute atomic E-state index is 0.363. The molecule has 1 aliphatic rings. The molecule has 28 heavy (non-hydrogen) atoms. The highest BCUT2D eigenvalue weighted by Crippen LogP contribution is 2.27. The second-order valence-electron chi connectivity index (χ2n) is 7.54. The summed E-state index contributed by atoms with van der Waals surface area (Å²) in [6.07, 6.45) is 9.94. The number of ether oxygens (including phenoxy) is 1. The van der Waals surface area contributed by atoms with E-state index in [4.69, 9.17) is 4.74 Å². The van der Waals surface area contributed by atoms with Crippen LogP contribution in [0.4, 0.5) is 0 Å². The molecule has 1 aromatic carbocycles. The molecule has 5 heteroatoms. The number of nitrogens with zero attached hydrogens (tertiary/aromatic N) is 2. The van der Waals surface area contributed by atoms with Crippen LogP contribution in [-0.4, -0.2) is 30.6 Å². The van der Waals surface area contributed by atoms with Gasteiger partial charge in [0.1, 0.15) is 5.75 Å². The lowest BCUT2D eigenvalue weighted by atomic mass is 10.1. The second-order valence-corrected chi connectivity index (χ2v) is 7.54. The van der Waals surface area contributed by atoms with Crippen LogP contribution < -0.4 is 15.4 Å². The maximum absolute atomic E-state index is 6.30. The predicted octanol–water partition coefficient (Wildman–Crippen LogP) is 3.93. The van der Waals surface area contributed by atoms with Crippen molar-refractivity contribution in [2.24, 2.45) is 4.99 Å². The largest absolute Gasteiger partial charge is 0.490 e. The van der Waals surface area contributed by atoms with Crippen LogP contribution >= 0.6 is 0 Å². The molecule has 3 rings (SSSR count). The molecule has 150 valence electrons. The molecule has 2 aromatic rings. The smallest absolute Gasteiger partial charge is 0.191 e. The summed E-state index contributed by atoms with van der Waals surface area (Å²) in [7, 11) is 1.80. The number of aliphatic imine (C=N–C) groups is 1. The van der Waals surface area contributed by atoms with Crippen LogP contribution in [-0.2, 0) is 13.0 Å². The molecular weight excluding hydrogens is 348 g/mol. The molecule has 2 N–H and O–H groups in total. The van der Waals surface area contributed by atoms with Crippen molar-refractivity contribution in [1.29, 1.82) is 0 Å². The van der Waals surface area contributed by atoms with Crippen molar-refractivity contribution in [3.63, 3.8) is 0 Å². The van der Waals surface area contributed by atoms with Gasteiger partial charge < -0.3 is 15.4 Å². The average molecular weight is 381 g/mol. The predicted molar refractivity (Wildman–Crippen MR) is 115 cm³/mol. The lowest BCUT2D eigenvalue weighted by Crippen LogP contribution is -2.38. The van der Waals surface area contributed by atoms with E-state index in [2.05, 4.69) is 58.7 Å². The van der Waals surface area contributed by atoms with E-state index < -0.39 is 0 Å². The standard InChI is InChI=1S/C23H32N4O/c1-17-8-9-20(22(14-17)28-21-6-4-5-7-21)16-27-23(24-3)26-13-11-19-10-12-25-15-18(19)2/h8-10,12,14-15,21H,4-7,11,13,16H2,1-3H3,(H2,24,26,27). The summed E-state index contributed by atoms with van der Waals surface area (Å²) in [4.78, 5) is 8.50. The molecule has 0 radical (unpaired) electrons. The first kappa shape index (κ1) is 20.2. The van der Waals surface area contributed by atoms with Gasteiger partial charge in [0.2, 0.25) is 0 Å². The maximum Gasteiger partial charge on any atom is 0.191 e. The number of rotatable bonds is 7. The number of hydrogen-bond acceptors (Lipinski definition) is 3. The van der Waals surface area contributed by atoms with E-state index >= 15 is 0 Å². The first-order valence-corrected chi connectivity index (χ1v) is 10.3. The van der Waals surface area contributed by atoms with E-state index in [0.29, 0.717) is 12.6 Å². The second kappa shape index (κ2) is 10.1. The van der Waals surface area contributed by atoms with Crippen molar-refractivity contribution >= 4 is 5.96 Å². The quantitative estimate of drug-likeness (QED) is 0.564. The molecule has 1 saturated carbocycles. The Morgan fingerprint density at radius 3 is 2.71 bits per heavy atom. The molecule has 0 atom stereocenters. The Morgan fingerprint density at radius 1 is 1.14 bits per heavy atom. The summed E-state index contributed by atoms with van der Waals surface area (Å²) < 4.78 is 6.30. The van der Waals surface area contributed by atoms with Gasteiger partial charge in [-0.3, -0.25) is 9.98 Å². The van der Waals surface area contributed by atoms with Gasteiger partial charge in [-0.2, -0.15) is 0 Å². The fourth-order valence-corrected chi connectivity index (χ4v) is 3.60. The van der Waals surface area contributed by atoms with Gasteiger partial charge in [-0.25, -0.2) is 0 Å². The molecule has 1 aromatic heterocycles. The highest BCUT2D eigenvalue weighted by molar-refractivity contribution is 5.79. The van der Waals surface area contributed by atoms with Crippen molar-refractivity contribution in [1.82, 2.24) is 15.6 Å². The SMILES string of the molecule is CN=C(NCCc1ccncc1C)NCc1ccc(C)cc1OC1CCCC1. The third-order valence-corrected chi connectivity index (χ3v) is 5.31. The van der Waals surface area contributed by atoms with Crippen molar-refractivity contribution in [3.05, 3.63) is 58.9 Å². The van der Waals surface area contributed by atoms with Crippen molar-refractivity contribution in [3.8, 4) is 5.75 Å². The minimum Gasteiger partial charge on any atom is -0.490 e. The summed E-state index contributed by atoms with van der Waals surface area (Å²) >= 11 is 0. The fraction of sp³-hybridized carbons (Fsp3) is 0.478. The molecule has 0 unspecified atom stereocenters. The van der Waals surface area contributed by atoms with Gasteiger partial charge in [0.25, 0.3) is 0 Å². The highest BCUT2D eigenvalue weighted by Gasteiger charge is 2.18. The van der Waals surface area contributed by atoms with E-state index in [0.717, 1.165) is 24.7 Å². The summed E-state index contributed by atoms with van der Waals surface area (Å²) in [5.41, 5.74) is 4.93. The van der Waals surface area contributed by atoms with Crippen molar-refractivity contribution < 1.29 is 4.74 Å². The Hall–Kier alpha value is -2.56. The van der Waals surface area contributed by atoms with Gasteiger partial charge in [0.15, 0.2) is 5.96 Å². The van der Waals surface area contributed by atoms with E-state index in [1.54, 1.807) is 7.05 Å². The summed E-state index contributed by atoms with van der Waals surface area (Å²) in [5.74, 6) is 1.81. The van der Waals surface area contributed by atoms with E-state index in [1.807, 2.05) is 12.4 Å². The van der Waals surface area contributed by atoms with Gasteiger partial charge in [-0.1, -0.05) is 12.1 Å². The lowest BCUT2D eigenvalue weighted by Gasteiger charge is -2.18. The van der Waals surface area contributed by atoms with Crippen LogP contribution in [0.25, 0.3) is 0 Å². The van der Waals surface area contributed by atoms with Crippen LogP contribution in [0.15, 0.2) is 41.7 Å². The van der Waals surface area contributed by atoms with Crippen LogP contribution in [0.2, 0.25) is 0 Å². The van der Waals surface area contributed by atoms with Crippen molar-refractivity contribution in [2.75, 3.05) is 13.6 Å². The third-order valence-electron chi connectivity index (χ3n) is 5.31. The van der Waals surface area contributed by atoms with Gasteiger partial charge in [0, 0.05) is 38.1 Å². The molecular formula is C23H32N4O. The Balaban J connectivity index is 1.53. The maximum atomic E-state index is 6.30. The van der Waals surface area contributed by atoms with E-state index in [1.165, 1.54) is 47.9 Å². The van der Waals surface area contributed by atoms with Crippen LogP contribution in [0.3, 0.4) is 0 Å². The molecule has 1 aliphatic carbocycles. The fourth-order valence-electron chi connectivity index (χ4n) is 3.60. The van der Waals surface area contributed by atoms with Gasteiger partial charge in [-0.05, 0) is 74.8 Å². The number of aryl methyl sites for hydroxylation is 2. The Morgan fingerprint density at radius 2 is 1.96 bits per heavy atom. The minimum atomic E-state index is 0.363. The van der Waals surface area contributed by atoms with E-state index in [-0.39, 0.29) is 0 Å². The first-order valence-electron chi connectivity index (χ1n) is 10.3. The summed E-state index contributed by atoms with van der Waals surface area (Å²) in [5, 5.41) is 6.81. The summed E-state index contributed by atoms with van der Waals surface area (Å²) in [6.45, 7) is 5.72. The molecule has 0 aliphatic heterocycles. The average Bonchev–Trinajstić information content (AvgIpc) is 3.20. The molecule has 0 amide bonds. The molecule has 1 heterocycles. The van der Waals surface area contributed by atoms with E-state index in [9.17, 15) is 0 Å². The Kier molecular flexibility index (Phi) is 7.29. The highest BCUT2D eigenvalue weighted by atomic mass is 16.5. The molecule has 0 spiro atoms. The van der Waals surface area contributed by atoms with Gasteiger partial charge in [0.05, 0.1) is 6.10 Å². The van der Waals surface area contributed by atoms with Gasteiger partial charge in [-0.15, -0.1) is 0 Å². The number of hydrogen-bond donors (Lipinski definition) is 2. The normalized spacial score (nSPS) is 14.9. The summed E-state index contributed by atoms with van der Waals surface area (Å²) in [6, 6.07) is 8.52. The number of nitrogens with one attached hydrogen (secondary N) is 2.